The first-order chi connectivity index (χ1) is 12.3. The number of nitrogens with zero attached hydrogens (tertiary/aromatic N) is 4. The Kier molecular flexibility index (Phi) is 5.72. The zero-order valence-electron chi connectivity index (χ0n) is 14.9. The summed E-state index contributed by atoms with van der Waals surface area (Å²) >= 11 is 0. The lowest BCUT2D eigenvalue weighted by Gasteiger charge is -2.11. The van der Waals surface area contributed by atoms with Gasteiger partial charge in [0, 0.05) is 57.4 Å². The van der Waals surface area contributed by atoms with Crippen LogP contribution in [0.5, 0.6) is 0 Å². The zero-order valence-corrected chi connectivity index (χ0v) is 14.9. The second-order valence-electron chi connectivity index (χ2n) is 6.01. The largest absolute Gasteiger partial charge is 0.357 e. The Balaban J connectivity index is 1.54. The van der Waals surface area contributed by atoms with E-state index in [1.807, 2.05) is 24.4 Å². The topological polar surface area (TPSA) is 58.6 Å². The Morgan fingerprint density at radius 2 is 2.00 bits per heavy atom. The molecular weight excluding hydrogens is 312 g/mol. The van der Waals surface area contributed by atoms with Crippen LogP contribution in [0.1, 0.15) is 18.2 Å². The van der Waals surface area contributed by atoms with Gasteiger partial charge >= 0.3 is 0 Å². The highest BCUT2D eigenvalue weighted by atomic mass is 15.2. The summed E-state index contributed by atoms with van der Waals surface area (Å²) in [6.45, 7) is 7.48. The van der Waals surface area contributed by atoms with Gasteiger partial charge < -0.3 is 19.6 Å². The molecular formula is C19H26N6. The SMILES string of the molecule is CCNC(=NCCc1cn2cccc(C)c2n1)NCCn1cccc1. The lowest BCUT2D eigenvalue weighted by molar-refractivity contribution is 0.665. The van der Waals surface area contributed by atoms with E-state index in [-0.39, 0.29) is 0 Å². The second kappa shape index (κ2) is 8.37. The zero-order chi connectivity index (χ0) is 17.5. The number of pyridine rings is 1. The van der Waals surface area contributed by atoms with Gasteiger partial charge in [-0.05, 0) is 37.6 Å². The molecule has 132 valence electrons. The van der Waals surface area contributed by atoms with Crippen LogP contribution in [0.25, 0.3) is 5.65 Å². The number of rotatable bonds is 7. The van der Waals surface area contributed by atoms with Crippen LogP contribution in [0.4, 0.5) is 0 Å². The minimum atomic E-state index is 0.710. The van der Waals surface area contributed by atoms with E-state index >= 15 is 0 Å². The lowest BCUT2D eigenvalue weighted by Crippen LogP contribution is -2.39. The fraction of sp³-hybridized carbons (Fsp3) is 0.368. The van der Waals surface area contributed by atoms with Crippen molar-refractivity contribution in [1.82, 2.24) is 24.6 Å². The van der Waals surface area contributed by atoms with Crippen molar-refractivity contribution in [2.45, 2.75) is 26.8 Å². The van der Waals surface area contributed by atoms with Crippen molar-refractivity contribution in [3.8, 4) is 0 Å². The minimum absolute atomic E-state index is 0.710. The van der Waals surface area contributed by atoms with Gasteiger partial charge in [-0.25, -0.2) is 4.98 Å². The van der Waals surface area contributed by atoms with E-state index in [4.69, 9.17) is 4.98 Å². The van der Waals surface area contributed by atoms with Gasteiger partial charge in [0.05, 0.1) is 5.69 Å². The Bertz CT molecular complexity index is 816. The van der Waals surface area contributed by atoms with Gasteiger partial charge in [-0.1, -0.05) is 6.07 Å². The number of hydrogen-bond acceptors (Lipinski definition) is 2. The Labute approximate surface area is 148 Å². The van der Waals surface area contributed by atoms with Crippen LogP contribution >= 0.6 is 0 Å². The Hall–Kier alpha value is -2.76. The standard InChI is InChI=1S/C19H26N6/c1-3-20-19(22-10-14-24-11-4-5-12-24)21-9-8-17-15-25-13-6-7-16(2)18(25)23-17/h4-7,11-13,15H,3,8-10,14H2,1-2H3,(H2,20,21,22). The molecule has 0 atom stereocenters. The second-order valence-corrected chi connectivity index (χ2v) is 6.01. The maximum absolute atomic E-state index is 4.70. The van der Waals surface area contributed by atoms with Crippen molar-refractivity contribution in [1.29, 1.82) is 0 Å². The highest BCUT2D eigenvalue weighted by Crippen LogP contribution is 2.10. The molecule has 2 N–H and O–H groups in total. The third-order valence-corrected chi connectivity index (χ3v) is 4.04. The molecule has 0 aliphatic heterocycles. The fourth-order valence-corrected chi connectivity index (χ4v) is 2.77. The highest BCUT2D eigenvalue weighted by molar-refractivity contribution is 5.79. The summed E-state index contributed by atoms with van der Waals surface area (Å²) < 4.78 is 4.23. The maximum atomic E-state index is 4.70. The number of nitrogens with one attached hydrogen (secondary N) is 2. The minimum Gasteiger partial charge on any atom is -0.357 e. The molecule has 0 radical (unpaired) electrons. The van der Waals surface area contributed by atoms with Crippen molar-refractivity contribution in [3.63, 3.8) is 0 Å². The summed E-state index contributed by atoms with van der Waals surface area (Å²) in [4.78, 5) is 9.36. The Morgan fingerprint density at radius 1 is 1.16 bits per heavy atom. The highest BCUT2D eigenvalue weighted by Gasteiger charge is 2.03. The number of aryl methyl sites for hydroxylation is 1. The molecule has 0 fully saturated rings. The summed E-state index contributed by atoms with van der Waals surface area (Å²) in [5, 5.41) is 6.66. The molecule has 0 spiro atoms. The van der Waals surface area contributed by atoms with Crippen LogP contribution < -0.4 is 10.6 Å². The molecule has 0 saturated carbocycles. The molecule has 0 aliphatic rings. The van der Waals surface area contributed by atoms with Crippen molar-refractivity contribution in [3.05, 3.63) is 60.3 Å². The average Bonchev–Trinajstić information content (AvgIpc) is 3.25. The van der Waals surface area contributed by atoms with Crippen LogP contribution in [0.15, 0.2) is 54.0 Å². The number of aliphatic imine (C=N–C) groups is 1. The number of aromatic nitrogens is 3. The third-order valence-electron chi connectivity index (χ3n) is 4.04. The monoisotopic (exact) mass is 338 g/mol. The Morgan fingerprint density at radius 3 is 2.76 bits per heavy atom. The first kappa shape index (κ1) is 17.1. The maximum Gasteiger partial charge on any atom is 0.191 e. The first-order valence-electron chi connectivity index (χ1n) is 8.82. The first-order valence-corrected chi connectivity index (χ1v) is 8.82. The molecule has 0 aliphatic carbocycles. The molecule has 3 aromatic heterocycles. The average molecular weight is 338 g/mol. The molecule has 3 aromatic rings. The molecule has 6 heteroatoms. The fourth-order valence-electron chi connectivity index (χ4n) is 2.77. The van der Waals surface area contributed by atoms with E-state index in [1.165, 1.54) is 5.56 Å². The van der Waals surface area contributed by atoms with Gasteiger partial charge in [-0.15, -0.1) is 0 Å². The molecule has 0 bridgehead atoms. The summed E-state index contributed by atoms with van der Waals surface area (Å²) in [6, 6.07) is 8.21. The van der Waals surface area contributed by atoms with E-state index in [0.717, 1.165) is 43.4 Å². The van der Waals surface area contributed by atoms with Crippen LogP contribution in [0.3, 0.4) is 0 Å². The molecule has 6 nitrogen and oxygen atoms in total. The van der Waals surface area contributed by atoms with Crippen molar-refractivity contribution < 1.29 is 0 Å². The lowest BCUT2D eigenvalue weighted by atomic mass is 10.3. The van der Waals surface area contributed by atoms with Gasteiger partial charge in [0.2, 0.25) is 0 Å². The molecule has 0 saturated heterocycles. The van der Waals surface area contributed by atoms with E-state index in [0.29, 0.717) is 6.54 Å². The third kappa shape index (κ3) is 4.62. The van der Waals surface area contributed by atoms with Gasteiger partial charge in [0.1, 0.15) is 5.65 Å². The van der Waals surface area contributed by atoms with Gasteiger partial charge in [0.15, 0.2) is 5.96 Å². The number of imidazole rings is 1. The van der Waals surface area contributed by atoms with Crippen LogP contribution in [0, 0.1) is 6.92 Å². The molecule has 25 heavy (non-hydrogen) atoms. The van der Waals surface area contributed by atoms with Crippen molar-refractivity contribution in [2.24, 2.45) is 4.99 Å². The number of hydrogen-bond donors (Lipinski definition) is 2. The van der Waals surface area contributed by atoms with E-state index in [1.54, 1.807) is 0 Å². The summed E-state index contributed by atoms with van der Waals surface area (Å²) in [5.74, 6) is 0.856. The van der Waals surface area contributed by atoms with Crippen molar-refractivity contribution >= 4 is 11.6 Å². The van der Waals surface area contributed by atoms with E-state index in [2.05, 4.69) is 63.1 Å². The van der Waals surface area contributed by atoms with Gasteiger partial charge in [0.25, 0.3) is 0 Å². The van der Waals surface area contributed by atoms with Gasteiger partial charge in [-0.3, -0.25) is 4.99 Å². The molecule has 3 heterocycles. The smallest absolute Gasteiger partial charge is 0.191 e. The predicted octanol–water partition coefficient (Wildman–Crippen LogP) is 2.24. The number of fused-ring (bicyclic) bond motifs is 1. The van der Waals surface area contributed by atoms with Crippen LogP contribution in [-0.2, 0) is 13.0 Å². The predicted molar refractivity (Wildman–Crippen MR) is 102 cm³/mol. The normalized spacial score (nSPS) is 11.8. The summed E-state index contributed by atoms with van der Waals surface area (Å²) in [5.41, 5.74) is 3.29. The van der Waals surface area contributed by atoms with E-state index in [9.17, 15) is 0 Å². The quantitative estimate of drug-likeness (QED) is 0.513. The van der Waals surface area contributed by atoms with Crippen LogP contribution in [-0.4, -0.2) is 39.5 Å². The summed E-state index contributed by atoms with van der Waals surface area (Å²) in [7, 11) is 0. The summed E-state index contributed by atoms with van der Waals surface area (Å²) in [6.07, 6.45) is 9.09. The van der Waals surface area contributed by atoms with Crippen LogP contribution in [0.2, 0.25) is 0 Å². The molecule has 0 aromatic carbocycles. The molecule has 3 rings (SSSR count). The molecule has 0 amide bonds. The van der Waals surface area contributed by atoms with Gasteiger partial charge in [-0.2, -0.15) is 0 Å². The van der Waals surface area contributed by atoms with Crippen molar-refractivity contribution in [2.75, 3.05) is 19.6 Å². The number of guanidine groups is 1. The molecule has 0 unspecified atom stereocenters. The van der Waals surface area contributed by atoms with E-state index < -0.39 is 0 Å².